The number of imide groups is 1. The van der Waals surface area contributed by atoms with E-state index in [9.17, 15) is 14.4 Å². The van der Waals surface area contributed by atoms with Crippen LogP contribution in [0.3, 0.4) is 0 Å². The Morgan fingerprint density at radius 2 is 1.56 bits per heavy atom. The molecule has 0 unspecified atom stereocenters. The maximum atomic E-state index is 12.9. The highest BCUT2D eigenvalue weighted by molar-refractivity contribution is 6.50. The van der Waals surface area contributed by atoms with Gasteiger partial charge in [0.2, 0.25) is 0 Å². The fourth-order valence-electron chi connectivity index (χ4n) is 3.41. The molecule has 0 saturated carbocycles. The summed E-state index contributed by atoms with van der Waals surface area (Å²) in [4.78, 5) is 42.2. The topological polar surface area (TPSA) is 79.5 Å². The minimum Gasteiger partial charge on any atom is -0.465 e. The first-order valence-electron chi connectivity index (χ1n) is 8.35. The van der Waals surface area contributed by atoms with Crippen molar-refractivity contribution in [1.82, 2.24) is 9.88 Å². The minimum atomic E-state index is -0.564. The van der Waals surface area contributed by atoms with E-state index in [1.807, 2.05) is 24.3 Å². The van der Waals surface area contributed by atoms with Crippen LogP contribution in [0.1, 0.15) is 21.5 Å². The van der Waals surface area contributed by atoms with Crippen LogP contribution in [0, 0.1) is 0 Å². The maximum Gasteiger partial charge on any atom is 0.338 e. The molecule has 1 aromatic heterocycles. The summed E-state index contributed by atoms with van der Waals surface area (Å²) in [6.07, 6.45) is 1.71. The number of H-pyrrole nitrogens is 1. The van der Waals surface area contributed by atoms with Crippen molar-refractivity contribution in [2.24, 2.45) is 0 Å². The number of hydrogen-bond acceptors (Lipinski definition) is 4. The molecule has 6 heteroatoms. The van der Waals surface area contributed by atoms with Crippen LogP contribution in [0.2, 0.25) is 0 Å². The lowest BCUT2D eigenvalue weighted by atomic mass is 9.93. The van der Waals surface area contributed by atoms with E-state index in [-0.39, 0.29) is 16.7 Å². The molecular formula is C21H16N2O4. The number of carbonyl (C=O) groups is 3. The van der Waals surface area contributed by atoms with E-state index in [0.717, 1.165) is 15.8 Å². The predicted molar refractivity (Wildman–Crippen MR) is 101 cm³/mol. The normalized spacial score (nSPS) is 14.4. The number of amides is 2. The second-order valence-electron chi connectivity index (χ2n) is 6.20. The zero-order valence-corrected chi connectivity index (χ0v) is 14.8. The van der Waals surface area contributed by atoms with Crippen LogP contribution < -0.4 is 0 Å². The Bertz CT molecular complexity index is 1140. The smallest absolute Gasteiger partial charge is 0.338 e. The fourth-order valence-corrected chi connectivity index (χ4v) is 3.41. The third-order valence-electron chi connectivity index (χ3n) is 4.75. The molecule has 27 heavy (non-hydrogen) atoms. The van der Waals surface area contributed by atoms with Gasteiger partial charge in [-0.3, -0.25) is 14.5 Å². The molecule has 4 rings (SSSR count). The molecule has 1 aliphatic rings. The second-order valence-corrected chi connectivity index (χ2v) is 6.20. The minimum absolute atomic E-state index is 0.202. The van der Waals surface area contributed by atoms with Gasteiger partial charge in [-0.1, -0.05) is 36.4 Å². The third-order valence-corrected chi connectivity index (χ3v) is 4.75. The summed E-state index contributed by atoms with van der Waals surface area (Å²) in [6.45, 7) is 0. The van der Waals surface area contributed by atoms with Crippen LogP contribution in [0.15, 0.2) is 54.7 Å². The summed E-state index contributed by atoms with van der Waals surface area (Å²) in [7, 11) is 2.72. The molecule has 0 bridgehead atoms. The number of carbonyl (C=O) groups excluding carboxylic acids is 3. The Hall–Kier alpha value is -3.67. The number of fused-ring (bicyclic) bond motifs is 1. The number of aromatic amines is 1. The molecule has 1 aliphatic heterocycles. The van der Waals surface area contributed by atoms with Gasteiger partial charge in [-0.25, -0.2) is 4.79 Å². The SMILES string of the molecule is COC(=O)c1ccccc1C1=C(c2c[nH]c3ccccc23)C(=O)N(C)C1=O. The van der Waals surface area contributed by atoms with Gasteiger partial charge < -0.3 is 9.72 Å². The largest absolute Gasteiger partial charge is 0.465 e. The molecule has 3 aromatic rings. The first-order chi connectivity index (χ1) is 13.0. The molecule has 6 nitrogen and oxygen atoms in total. The van der Waals surface area contributed by atoms with Crippen molar-refractivity contribution in [3.63, 3.8) is 0 Å². The van der Waals surface area contributed by atoms with Crippen LogP contribution in [-0.2, 0) is 14.3 Å². The van der Waals surface area contributed by atoms with Gasteiger partial charge in [0, 0.05) is 35.3 Å². The Kier molecular flexibility index (Phi) is 3.88. The standard InChI is InChI=1S/C21H16N2O4/c1-23-19(24)17(13-8-3-4-9-14(13)21(26)27-2)18(20(23)25)15-11-22-16-10-6-5-7-12(15)16/h3-11,22H,1-2H3. The number of esters is 1. The van der Waals surface area contributed by atoms with Crippen molar-refractivity contribution in [2.45, 2.75) is 0 Å². The molecule has 0 fully saturated rings. The number of aromatic nitrogens is 1. The van der Waals surface area contributed by atoms with Crippen LogP contribution >= 0.6 is 0 Å². The van der Waals surface area contributed by atoms with E-state index in [2.05, 4.69) is 4.98 Å². The molecular weight excluding hydrogens is 344 g/mol. The second kappa shape index (κ2) is 6.25. The van der Waals surface area contributed by atoms with Crippen molar-refractivity contribution >= 4 is 39.8 Å². The summed E-state index contributed by atoms with van der Waals surface area (Å²) in [6, 6.07) is 14.2. The Morgan fingerprint density at radius 1 is 0.926 bits per heavy atom. The van der Waals surface area contributed by atoms with Gasteiger partial charge in [-0.05, 0) is 12.1 Å². The molecule has 0 spiro atoms. The predicted octanol–water partition coefficient (Wildman–Crippen LogP) is 2.86. The molecule has 2 heterocycles. The highest BCUT2D eigenvalue weighted by Crippen LogP contribution is 2.38. The number of likely N-dealkylation sites (N-methyl/N-ethyl adjacent to an activating group) is 1. The van der Waals surface area contributed by atoms with Crippen molar-refractivity contribution in [3.05, 3.63) is 71.4 Å². The number of para-hydroxylation sites is 1. The summed E-state index contributed by atoms with van der Waals surface area (Å²) >= 11 is 0. The third kappa shape index (κ3) is 2.45. The van der Waals surface area contributed by atoms with E-state index in [1.54, 1.807) is 30.5 Å². The van der Waals surface area contributed by atoms with Crippen LogP contribution in [0.4, 0.5) is 0 Å². The zero-order valence-electron chi connectivity index (χ0n) is 14.8. The van der Waals surface area contributed by atoms with Crippen LogP contribution in [0.5, 0.6) is 0 Å². The fraction of sp³-hybridized carbons (Fsp3) is 0.0952. The van der Waals surface area contributed by atoms with Crippen LogP contribution in [0.25, 0.3) is 22.0 Å². The average Bonchev–Trinajstić information content (AvgIpc) is 3.22. The Balaban J connectivity index is 2.05. The Labute approximate surface area is 155 Å². The van der Waals surface area contributed by atoms with E-state index in [4.69, 9.17) is 4.74 Å². The first-order valence-corrected chi connectivity index (χ1v) is 8.35. The van der Waals surface area contributed by atoms with Crippen LogP contribution in [-0.4, -0.2) is 41.8 Å². The number of hydrogen-bond donors (Lipinski definition) is 1. The quantitative estimate of drug-likeness (QED) is 0.575. The van der Waals surface area contributed by atoms with Gasteiger partial charge >= 0.3 is 5.97 Å². The number of ether oxygens (including phenoxy) is 1. The average molecular weight is 360 g/mol. The number of rotatable bonds is 3. The zero-order chi connectivity index (χ0) is 19.1. The van der Waals surface area contributed by atoms with Gasteiger partial charge in [0.15, 0.2) is 0 Å². The summed E-state index contributed by atoms with van der Waals surface area (Å²) in [5.41, 5.74) is 2.58. The highest BCUT2D eigenvalue weighted by Gasteiger charge is 2.39. The molecule has 0 aliphatic carbocycles. The van der Waals surface area contributed by atoms with E-state index < -0.39 is 17.8 Å². The molecule has 0 saturated heterocycles. The van der Waals surface area contributed by atoms with E-state index >= 15 is 0 Å². The molecule has 0 atom stereocenters. The highest BCUT2D eigenvalue weighted by atomic mass is 16.5. The molecule has 0 radical (unpaired) electrons. The van der Waals surface area contributed by atoms with Crippen molar-refractivity contribution in [2.75, 3.05) is 14.2 Å². The molecule has 2 amide bonds. The Morgan fingerprint density at radius 3 is 2.30 bits per heavy atom. The van der Waals surface area contributed by atoms with Gasteiger partial charge in [0.25, 0.3) is 11.8 Å². The van der Waals surface area contributed by atoms with E-state index in [0.29, 0.717) is 11.1 Å². The monoisotopic (exact) mass is 360 g/mol. The lowest BCUT2D eigenvalue weighted by Crippen LogP contribution is -2.26. The number of nitrogens with one attached hydrogen (secondary N) is 1. The van der Waals surface area contributed by atoms with Gasteiger partial charge in [0.05, 0.1) is 23.8 Å². The lowest BCUT2D eigenvalue weighted by molar-refractivity contribution is -0.134. The number of nitrogens with zero attached hydrogens (tertiary/aromatic N) is 1. The van der Waals surface area contributed by atoms with Gasteiger partial charge in [-0.2, -0.15) is 0 Å². The number of benzene rings is 2. The maximum absolute atomic E-state index is 12.9. The van der Waals surface area contributed by atoms with Gasteiger partial charge in [-0.15, -0.1) is 0 Å². The summed E-state index contributed by atoms with van der Waals surface area (Å²) in [5.74, 6) is -1.41. The van der Waals surface area contributed by atoms with Crippen molar-refractivity contribution in [1.29, 1.82) is 0 Å². The van der Waals surface area contributed by atoms with Crippen molar-refractivity contribution < 1.29 is 19.1 Å². The number of methoxy groups -OCH3 is 1. The summed E-state index contributed by atoms with van der Waals surface area (Å²) in [5, 5.41) is 0.831. The van der Waals surface area contributed by atoms with Gasteiger partial charge in [0.1, 0.15) is 0 Å². The van der Waals surface area contributed by atoms with Crippen molar-refractivity contribution in [3.8, 4) is 0 Å². The summed E-state index contributed by atoms with van der Waals surface area (Å²) < 4.78 is 4.84. The molecule has 2 aromatic carbocycles. The first kappa shape index (κ1) is 16.8. The van der Waals surface area contributed by atoms with E-state index in [1.165, 1.54) is 14.2 Å². The lowest BCUT2D eigenvalue weighted by Gasteiger charge is -2.10. The molecule has 134 valence electrons. The molecule has 1 N–H and O–H groups in total.